The SMILES string of the molecule is CC[C@H](C)[C@H](NC(=O)[C@H](CCC(N)=O)NC(=O)[C@H](CCCCN)NC(=O)[C@H](CCCCN)NC(=O)[C@H](CCCN=C(N)N)NC(=O)[C@H](CC(C)C)NC(=O)[C@@H](N)CCSC)C(=O)N[C@H](C(=O)N[C@H](C(=O)N[C@@H](CC(C)C)C(=O)O)C(C)C)[C@@H](C)O. The molecular weight excluding hydrogens is 1120 g/mol. The lowest BCUT2D eigenvalue weighted by molar-refractivity contribution is -0.143. The molecule has 23 N–H and O–H groups in total. The van der Waals surface area contributed by atoms with E-state index in [2.05, 4.69) is 52.8 Å². The number of hydrogen-bond acceptors (Lipinski definition) is 17. The number of nitrogens with one attached hydrogen (secondary N) is 9. The van der Waals surface area contributed by atoms with Crippen molar-refractivity contribution in [3.63, 3.8) is 0 Å². The second kappa shape index (κ2) is 42.4. The van der Waals surface area contributed by atoms with Crippen LogP contribution in [0, 0.1) is 23.7 Å². The van der Waals surface area contributed by atoms with Gasteiger partial charge in [0.1, 0.15) is 54.4 Å². The molecule has 0 aliphatic rings. The lowest BCUT2D eigenvalue weighted by Crippen LogP contribution is -2.63. The summed E-state index contributed by atoms with van der Waals surface area (Å²) in [6, 6.07) is -13.3. The lowest BCUT2D eigenvalue weighted by Gasteiger charge is -2.31. The van der Waals surface area contributed by atoms with Crippen molar-refractivity contribution in [1.29, 1.82) is 0 Å². The number of primary amides is 1. The highest BCUT2D eigenvalue weighted by Gasteiger charge is 2.38. The minimum Gasteiger partial charge on any atom is -0.480 e. The van der Waals surface area contributed by atoms with Gasteiger partial charge in [0.25, 0.3) is 0 Å². The van der Waals surface area contributed by atoms with E-state index in [-0.39, 0.29) is 95.2 Å². The number of rotatable bonds is 45. The Bertz CT molecular complexity index is 2170. The smallest absolute Gasteiger partial charge is 0.326 e. The first kappa shape index (κ1) is 78.6. The third-order valence-corrected chi connectivity index (χ3v) is 14.4. The van der Waals surface area contributed by atoms with Crippen LogP contribution in [0.2, 0.25) is 0 Å². The minimum absolute atomic E-state index is 0.0140. The van der Waals surface area contributed by atoms with E-state index in [9.17, 15) is 63.0 Å². The van der Waals surface area contributed by atoms with Gasteiger partial charge < -0.3 is 92.5 Å². The van der Waals surface area contributed by atoms with Crippen LogP contribution in [0.15, 0.2) is 4.99 Å². The van der Waals surface area contributed by atoms with Gasteiger partial charge >= 0.3 is 5.97 Å². The standard InChI is InChI=1S/C55H104N16O13S/c1-11-32(8)43(52(81)71-44(33(9)72)53(82)69-42(31(6)7)51(80)68-40(54(83)84)28-30(4)5)70-49(78)38(20-21-41(59)73)66-47(76)36(18-13-15-24-57)63-46(75)35(17-12-14-23-56)64-48(77)37(19-16-25-62-55(60)61)65-50(79)39(27-29(2)3)67-45(74)34(58)22-26-85-10/h29-40,42-44,72H,11-28,56-58H2,1-10H3,(H2,59,73)(H,63,75)(H,64,77)(H,65,79)(H,66,76)(H,67,74)(H,68,80)(H,69,82)(H,70,78)(H,71,81)(H,83,84)(H4,60,61,62)/t32-,33+,34-,35-,36-,37-,38-,39-,40-,42-,43-,44-/m0/s1. The molecule has 29 nitrogen and oxygen atoms in total. The molecule has 0 aromatic rings. The number of guanidine groups is 1. The average molecular weight is 1230 g/mol. The van der Waals surface area contributed by atoms with Crippen molar-refractivity contribution in [2.24, 2.45) is 63.1 Å². The summed E-state index contributed by atoms with van der Waals surface area (Å²) in [6.07, 6.45) is 1.99. The number of aliphatic hydroxyl groups is 1. The zero-order valence-corrected chi connectivity index (χ0v) is 52.4. The topological polar surface area (TPSA) is 505 Å². The Labute approximate surface area is 505 Å². The van der Waals surface area contributed by atoms with E-state index in [1.807, 2.05) is 20.1 Å². The molecule has 30 heteroatoms. The number of aliphatic carboxylic acids is 1. The molecule has 0 saturated heterocycles. The zero-order chi connectivity index (χ0) is 65.1. The Morgan fingerprint density at radius 3 is 1.28 bits per heavy atom. The molecule has 0 radical (unpaired) electrons. The number of carboxylic acid groups (broad SMARTS) is 1. The minimum atomic E-state index is -1.70. The van der Waals surface area contributed by atoms with Crippen LogP contribution < -0.4 is 82.3 Å². The molecular formula is C55H104N16O13S. The van der Waals surface area contributed by atoms with Crippen LogP contribution in [0.4, 0.5) is 0 Å². The normalized spacial score (nSPS) is 15.6. The summed E-state index contributed by atoms with van der Waals surface area (Å²) < 4.78 is 0. The summed E-state index contributed by atoms with van der Waals surface area (Å²) in [6.45, 7) is 15.5. The largest absolute Gasteiger partial charge is 0.480 e. The predicted molar refractivity (Wildman–Crippen MR) is 325 cm³/mol. The Hall–Kier alpha value is -6.37. The van der Waals surface area contributed by atoms with E-state index in [1.165, 1.54) is 18.7 Å². The summed E-state index contributed by atoms with van der Waals surface area (Å²) in [4.78, 5) is 154. The molecule has 85 heavy (non-hydrogen) atoms. The van der Waals surface area contributed by atoms with E-state index >= 15 is 0 Å². The quantitative estimate of drug-likeness (QED) is 0.0167. The summed E-state index contributed by atoms with van der Waals surface area (Å²) in [5.41, 5.74) is 34.3. The first-order valence-electron chi connectivity index (χ1n) is 29.5. The van der Waals surface area contributed by atoms with Gasteiger partial charge in [0.05, 0.1) is 12.1 Å². The van der Waals surface area contributed by atoms with Crippen molar-refractivity contribution in [1.82, 2.24) is 47.9 Å². The van der Waals surface area contributed by atoms with Gasteiger partial charge in [0.2, 0.25) is 59.1 Å². The number of aliphatic imine (C=N–C) groups is 1. The van der Waals surface area contributed by atoms with Gasteiger partial charge in [-0.15, -0.1) is 0 Å². The molecule has 0 fully saturated rings. The van der Waals surface area contributed by atoms with Gasteiger partial charge in [0.15, 0.2) is 5.96 Å². The highest BCUT2D eigenvalue weighted by atomic mass is 32.2. The highest BCUT2D eigenvalue weighted by molar-refractivity contribution is 7.98. The molecule has 0 rings (SSSR count). The predicted octanol–water partition coefficient (Wildman–Crippen LogP) is -2.73. The maximum absolute atomic E-state index is 14.4. The molecule has 0 aliphatic heterocycles. The number of nitrogens with zero attached hydrogens (tertiary/aromatic N) is 1. The van der Waals surface area contributed by atoms with Crippen LogP contribution in [-0.2, 0) is 52.7 Å². The maximum atomic E-state index is 14.4. The Morgan fingerprint density at radius 1 is 0.482 bits per heavy atom. The van der Waals surface area contributed by atoms with Crippen LogP contribution >= 0.6 is 11.8 Å². The van der Waals surface area contributed by atoms with Crippen LogP contribution in [0.25, 0.3) is 0 Å². The number of carbonyl (C=O) groups is 11. The second-order valence-electron chi connectivity index (χ2n) is 22.7. The summed E-state index contributed by atoms with van der Waals surface area (Å²) in [7, 11) is 0. The number of nitrogens with two attached hydrogens (primary N) is 6. The van der Waals surface area contributed by atoms with Gasteiger partial charge in [-0.3, -0.25) is 52.9 Å². The molecule has 0 heterocycles. The van der Waals surface area contributed by atoms with E-state index in [1.54, 1.807) is 41.5 Å². The van der Waals surface area contributed by atoms with E-state index < -0.39 is 150 Å². The maximum Gasteiger partial charge on any atom is 0.326 e. The molecule has 0 saturated carbocycles. The third-order valence-electron chi connectivity index (χ3n) is 13.8. The number of carbonyl (C=O) groups excluding carboxylic acids is 10. The Morgan fingerprint density at radius 2 is 0.871 bits per heavy atom. The molecule has 0 spiro atoms. The van der Waals surface area contributed by atoms with Crippen molar-refractivity contribution in [2.45, 2.75) is 219 Å². The van der Waals surface area contributed by atoms with Crippen LogP contribution in [-0.4, -0.2) is 179 Å². The van der Waals surface area contributed by atoms with Crippen LogP contribution in [0.3, 0.4) is 0 Å². The summed E-state index contributed by atoms with van der Waals surface area (Å²) in [5, 5.41) is 44.0. The van der Waals surface area contributed by atoms with Gasteiger partial charge in [-0.1, -0.05) is 61.8 Å². The zero-order valence-electron chi connectivity index (χ0n) is 51.6. The fraction of sp³-hybridized carbons (Fsp3) is 0.782. The number of hydrogen-bond donors (Lipinski definition) is 17. The first-order chi connectivity index (χ1) is 39.8. The molecule has 0 aromatic heterocycles. The Kier molecular flexibility index (Phi) is 39.3. The average Bonchev–Trinajstić information content (AvgIpc) is 3.62. The van der Waals surface area contributed by atoms with Gasteiger partial charge in [0, 0.05) is 13.0 Å². The van der Waals surface area contributed by atoms with Crippen LogP contribution in [0.1, 0.15) is 152 Å². The molecule has 12 atom stereocenters. The van der Waals surface area contributed by atoms with E-state index in [0.29, 0.717) is 31.4 Å². The van der Waals surface area contributed by atoms with Gasteiger partial charge in [-0.2, -0.15) is 11.8 Å². The molecule has 10 amide bonds. The number of unbranched alkanes of at least 4 members (excludes halogenated alkanes) is 2. The first-order valence-corrected chi connectivity index (χ1v) is 30.9. The van der Waals surface area contributed by atoms with Crippen molar-refractivity contribution in [3.05, 3.63) is 0 Å². The van der Waals surface area contributed by atoms with Crippen molar-refractivity contribution < 1.29 is 63.0 Å². The van der Waals surface area contributed by atoms with Crippen molar-refractivity contribution >= 4 is 82.8 Å². The molecule has 0 bridgehead atoms. The monoisotopic (exact) mass is 1230 g/mol. The molecule has 488 valence electrons. The molecule has 0 aliphatic carbocycles. The third kappa shape index (κ3) is 32.1. The van der Waals surface area contributed by atoms with E-state index in [4.69, 9.17) is 34.4 Å². The number of aliphatic hydroxyl groups excluding tert-OH is 1. The lowest BCUT2D eigenvalue weighted by atomic mass is 9.96. The van der Waals surface area contributed by atoms with Crippen molar-refractivity contribution in [2.75, 3.05) is 31.6 Å². The van der Waals surface area contributed by atoms with Crippen LogP contribution in [0.5, 0.6) is 0 Å². The highest BCUT2D eigenvalue weighted by Crippen LogP contribution is 2.15. The fourth-order valence-corrected chi connectivity index (χ4v) is 9.12. The summed E-state index contributed by atoms with van der Waals surface area (Å²) in [5.74, 6) is -10.7. The number of carboxylic acids is 1. The fourth-order valence-electron chi connectivity index (χ4n) is 8.63. The molecule has 0 unspecified atom stereocenters. The second-order valence-corrected chi connectivity index (χ2v) is 23.7. The van der Waals surface area contributed by atoms with Crippen molar-refractivity contribution in [3.8, 4) is 0 Å². The Balaban J connectivity index is 7.05. The van der Waals surface area contributed by atoms with Gasteiger partial charge in [-0.05, 0) is 133 Å². The number of amides is 10. The number of thioether (sulfide) groups is 1. The molecule has 0 aromatic carbocycles. The van der Waals surface area contributed by atoms with E-state index in [0.717, 1.165) is 0 Å². The summed E-state index contributed by atoms with van der Waals surface area (Å²) >= 11 is 1.51. The van der Waals surface area contributed by atoms with Gasteiger partial charge in [-0.25, -0.2) is 4.79 Å².